The number of halogens is 2. The molecule has 2 fully saturated rings. The Morgan fingerprint density at radius 1 is 1.09 bits per heavy atom. The van der Waals surface area contributed by atoms with Gasteiger partial charge in [0.1, 0.15) is 17.5 Å². The van der Waals surface area contributed by atoms with Crippen molar-refractivity contribution in [2.45, 2.75) is 71.4 Å². The maximum atomic E-state index is 15.1. The monoisotopic (exact) mass is 615 g/mol. The number of carbonyl (C=O) groups excluding carboxylic acids is 1. The Balaban J connectivity index is 1.64. The molecule has 0 bridgehead atoms. The summed E-state index contributed by atoms with van der Waals surface area (Å²) in [6, 6.07) is 7.62. The number of piperazine rings is 1. The number of carbonyl (C=O) groups is 1. The van der Waals surface area contributed by atoms with Crippen molar-refractivity contribution in [1.29, 1.82) is 0 Å². The summed E-state index contributed by atoms with van der Waals surface area (Å²) in [6.07, 6.45) is 3.40. The minimum Gasteiger partial charge on any atom is -0.349 e. The fraction of sp³-hybridized carbons (Fsp3) is 0.394. The van der Waals surface area contributed by atoms with E-state index >= 15 is 4.39 Å². The molecule has 0 unspecified atom stereocenters. The molecule has 1 aliphatic carbocycles. The van der Waals surface area contributed by atoms with Crippen molar-refractivity contribution in [2.24, 2.45) is 0 Å². The Labute approximate surface area is 260 Å². The summed E-state index contributed by atoms with van der Waals surface area (Å²) in [5, 5.41) is 0.746. The predicted octanol–water partition coefficient (Wildman–Crippen LogP) is 5.95. The van der Waals surface area contributed by atoms with Crippen molar-refractivity contribution in [3.63, 3.8) is 0 Å². The predicted molar refractivity (Wildman–Crippen MR) is 170 cm³/mol. The van der Waals surface area contributed by atoms with Crippen LogP contribution in [0.5, 0.6) is 0 Å². The average molecular weight is 616 g/mol. The lowest BCUT2D eigenvalue weighted by Crippen LogP contribution is -2.58. The van der Waals surface area contributed by atoms with Crippen molar-refractivity contribution in [3.05, 3.63) is 81.5 Å². The standard InChI is InChI=1S/C33H35ClFN7O2/c1-7-26(43)40-15-19(5)41(16-18(40)4)31-23-14-24(34)28(22-10-8-9-11-25(22)35)38-32(23)42(33(44)39-31)29-20(6)36-30(21-12-13-21)37-27(29)17(2)3/h7-11,14,17-19,21H,1,12-13,15-16H2,2-6H3/t18-,19-/m0/s1. The molecular weight excluding hydrogens is 581 g/mol. The SMILES string of the molecule is C=CC(=O)N1C[C@H](C)N(c2nc(=O)n(-c3c(C)nc(C4CC4)nc3C(C)C)c3nc(-c4ccccc4F)c(Cl)cc23)C[C@@H]1C. The Morgan fingerprint density at radius 3 is 2.48 bits per heavy atom. The number of nitrogens with zero attached hydrogens (tertiary/aromatic N) is 7. The lowest BCUT2D eigenvalue weighted by atomic mass is 10.1. The second kappa shape index (κ2) is 11.4. The van der Waals surface area contributed by atoms with Crippen LogP contribution in [-0.2, 0) is 4.79 Å². The zero-order chi connectivity index (χ0) is 31.4. The van der Waals surface area contributed by atoms with Crippen molar-refractivity contribution in [2.75, 3.05) is 18.0 Å². The van der Waals surface area contributed by atoms with Crippen LogP contribution in [0.4, 0.5) is 10.2 Å². The Bertz CT molecular complexity index is 1870. The molecule has 11 heteroatoms. The van der Waals surface area contributed by atoms with Gasteiger partial charge in [0, 0.05) is 36.7 Å². The average Bonchev–Trinajstić information content (AvgIpc) is 3.84. The van der Waals surface area contributed by atoms with Crippen molar-refractivity contribution in [1.82, 2.24) is 29.4 Å². The largest absolute Gasteiger partial charge is 0.355 e. The topological polar surface area (TPSA) is 97.1 Å². The molecule has 6 rings (SSSR count). The zero-order valence-corrected chi connectivity index (χ0v) is 26.3. The highest BCUT2D eigenvalue weighted by Crippen LogP contribution is 2.40. The second-order valence-corrected chi connectivity index (χ2v) is 12.5. The molecule has 1 aliphatic heterocycles. The van der Waals surface area contributed by atoms with Gasteiger partial charge in [-0.3, -0.25) is 4.79 Å². The summed E-state index contributed by atoms with van der Waals surface area (Å²) in [6.45, 7) is 14.3. The first kappa shape index (κ1) is 29.9. The highest BCUT2D eigenvalue weighted by atomic mass is 35.5. The minimum atomic E-state index is -0.556. The van der Waals surface area contributed by atoms with E-state index in [0.717, 1.165) is 24.4 Å². The van der Waals surface area contributed by atoms with Gasteiger partial charge in [0.05, 0.1) is 33.2 Å². The number of hydrogen-bond donors (Lipinski definition) is 0. The van der Waals surface area contributed by atoms with Crippen LogP contribution in [0.25, 0.3) is 28.0 Å². The fourth-order valence-electron chi connectivity index (χ4n) is 6.03. The number of hydrogen-bond acceptors (Lipinski definition) is 7. The minimum absolute atomic E-state index is 0.0273. The second-order valence-electron chi connectivity index (χ2n) is 12.1. The summed E-state index contributed by atoms with van der Waals surface area (Å²) in [5.74, 6) is 0.859. The zero-order valence-electron chi connectivity index (χ0n) is 25.5. The van der Waals surface area contributed by atoms with Gasteiger partial charge >= 0.3 is 5.69 Å². The molecule has 1 aromatic carbocycles. The first-order chi connectivity index (χ1) is 21.0. The molecule has 2 atom stereocenters. The van der Waals surface area contributed by atoms with Crippen molar-refractivity contribution < 1.29 is 9.18 Å². The number of aryl methyl sites for hydroxylation is 1. The molecule has 9 nitrogen and oxygen atoms in total. The van der Waals surface area contributed by atoms with E-state index in [1.54, 1.807) is 29.2 Å². The van der Waals surface area contributed by atoms with Crippen molar-refractivity contribution >= 4 is 34.4 Å². The number of fused-ring (bicyclic) bond motifs is 1. The molecule has 1 saturated heterocycles. The van der Waals surface area contributed by atoms with Crippen LogP contribution in [0.2, 0.25) is 5.02 Å². The molecule has 44 heavy (non-hydrogen) atoms. The maximum absolute atomic E-state index is 15.1. The summed E-state index contributed by atoms with van der Waals surface area (Å²) >= 11 is 6.83. The normalized spacial score (nSPS) is 18.7. The molecule has 0 N–H and O–H groups in total. The molecule has 228 valence electrons. The third-order valence-electron chi connectivity index (χ3n) is 8.46. The molecule has 2 aliphatic rings. The Morgan fingerprint density at radius 2 is 1.82 bits per heavy atom. The maximum Gasteiger partial charge on any atom is 0.355 e. The summed E-state index contributed by atoms with van der Waals surface area (Å²) in [5.41, 5.74) is 2.04. The van der Waals surface area contributed by atoms with E-state index in [0.29, 0.717) is 41.6 Å². The molecule has 0 radical (unpaired) electrons. The van der Waals surface area contributed by atoms with E-state index in [2.05, 4.69) is 11.6 Å². The lowest BCUT2D eigenvalue weighted by Gasteiger charge is -2.44. The van der Waals surface area contributed by atoms with E-state index in [9.17, 15) is 9.59 Å². The van der Waals surface area contributed by atoms with Gasteiger partial charge < -0.3 is 9.80 Å². The fourth-order valence-corrected chi connectivity index (χ4v) is 6.28. The van der Waals surface area contributed by atoms with Gasteiger partial charge in [-0.1, -0.05) is 44.2 Å². The van der Waals surface area contributed by atoms with Gasteiger partial charge in [-0.15, -0.1) is 0 Å². The van der Waals surface area contributed by atoms with E-state index in [1.165, 1.54) is 16.7 Å². The van der Waals surface area contributed by atoms with Crippen LogP contribution in [0, 0.1) is 12.7 Å². The van der Waals surface area contributed by atoms with Gasteiger partial charge in [0.2, 0.25) is 5.91 Å². The number of benzene rings is 1. The van der Waals surface area contributed by atoms with Crippen LogP contribution in [0.3, 0.4) is 0 Å². The first-order valence-electron chi connectivity index (χ1n) is 15.0. The Kier molecular flexibility index (Phi) is 7.73. The van der Waals surface area contributed by atoms with Crippen LogP contribution in [-0.4, -0.2) is 60.5 Å². The van der Waals surface area contributed by atoms with Gasteiger partial charge in [-0.05, 0) is 63.8 Å². The molecule has 1 amide bonds. The summed E-state index contributed by atoms with van der Waals surface area (Å²) < 4.78 is 16.5. The molecule has 4 aromatic rings. The number of anilines is 1. The molecule has 4 heterocycles. The number of pyridine rings is 1. The lowest BCUT2D eigenvalue weighted by molar-refractivity contribution is -0.128. The molecule has 0 spiro atoms. The van der Waals surface area contributed by atoms with Crippen LogP contribution in [0.15, 0.2) is 47.8 Å². The van der Waals surface area contributed by atoms with E-state index in [4.69, 9.17) is 26.6 Å². The van der Waals surface area contributed by atoms with Crippen LogP contribution >= 0.6 is 11.6 Å². The Hall–Kier alpha value is -4.18. The molecular formula is C33H35ClFN7O2. The van der Waals surface area contributed by atoms with Gasteiger partial charge in [-0.2, -0.15) is 4.98 Å². The van der Waals surface area contributed by atoms with E-state index in [-0.39, 0.29) is 45.8 Å². The number of rotatable bonds is 6. The first-order valence-corrected chi connectivity index (χ1v) is 15.3. The number of aromatic nitrogens is 5. The van der Waals surface area contributed by atoms with Gasteiger partial charge in [-0.25, -0.2) is 28.7 Å². The summed E-state index contributed by atoms with van der Waals surface area (Å²) in [4.78, 5) is 49.8. The van der Waals surface area contributed by atoms with Crippen LogP contribution < -0.4 is 10.6 Å². The summed E-state index contributed by atoms with van der Waals surface area (Å²) in [7, 11) is 0. The molecule has 1 saturated carbocycles. The third kappa shape index (κ3) is 5.15. The van der Waals surface area contributed by atoms with Gasteiger partial charge in [0.15, 0.2) is 5.65 Å². The smallest absolute Gasteiger partial charge is 0.349 e. The van der Waals surface area contributed by atoms with E-state index < -0.39 is 11.5 Å². The van der Waals surface area contributed by atoms with Gasteiger partial charge in [0.25, 0.3) is 0 Å². The quantitative estimate of drug-likeness (QED) is 0.247. The number of amides is 1. The van der Waals surface area contributed by atoms with Crippen LogP contribution in [0.1, 0.15) is 69.6 Å². The molecule has 3 aromatic heterocycles. The third-order valence-corrected chi connectivity index (χ3v) is 8.75. The highest BCUT2D eigenvalue weighted by molar-refractivity contribution is 6.33. The highest BCUT2D eigenvalue weighted by Gasteiger charge is 2.35. The van der Waals surface area contributed by atoms with Crippen molar-refractivity contribution in [3.8, 4) is 16.9 Å². The van der Waals surface area contributed by atoms with E-state index in [1.807, 2.05) is 39.5 Å².